The smallest absolute Gasteiger partial charge is 0.272 e. The van der Waals surface area contributed by atoms with Gasteiger partial charge in [0.25, 0.3) is 11.8 Å². The van der Waals surface area contributed by atoms with Gasteiger partial charge in [0.2, 0.25) is 5.91 Å². The number of halogens is 2. The van der Waals surface area contributed by atoms with Crippen molar-refractivity contribution in [2.75, 3.05) is 10.6 Å². The van der Waals surface area contributed by atoms with Crippen LogP contribution in [-0.2, 0) is 9.59 Å². The molecule has 4 aromatic carbocycles. The number of rotatable bonds is 10. The molecule has 0 heterocycles. The highest BCUT2D eigenvalue weighted by Crippen LogP contribution is 2.29. The first-order valence-electron chi connectivity index (χ1n) is 13.2. The van der Waals surface area contributed by atoms with Crippen molar-refractivity contribution in [1.29, 1.82) is 0 Å². The number of anilines is 2. The normalized spacial score (nSPS) is 11.9. The van der Waals surface area contributed by atoms with E-state index in [1.165, 1.54) is 11.8 Å². The highest BCUT2D eigenvalue weighted by atomic mass is 35.5. The van der Waals surface area contributed by atoms with E-state index in [-0.39, 0.29) is 16.9 Å². The Balaban J connectivity index is 1.50. The molecule has 0 aliphatic carbocycles. The molecule has 0 saturated carbocycles. The molecular formula is C33H29Cl2N3O3S. The molecule has 1 atom stereocenters. The van der Waals surface area contributed by atoms with Crippen molar-refractivity contribution >= 4 is 70.1 Å². The van der Waals surface area contributed by atoms with Crippen molar-refractivity contribution in [3.63, 3.8) is 0 Å². The van der Waals surface area contributed by atoms with Gasteiger partial charge < -0.3 is 16.0 Å². The van der Waals surface area contributed by atoms with Gasteiger partial charge in [-0.15, -0.1) is 11.8 Å². The Kier molecular flexibility index (Phi) is 10.8. The lowest BCUT2D eigenvalue weighted by atomic mass is 10.1. The van der Waals surface area contributed by atoms with Crippen LogP contribution in [0.1, 0.15) is 34.8 Å². The summed E-state index contributed by atoms with van der Waals surface area (Å²) < 4.78 is 0. The second kappa shape index (κ2) is 14.7. The molecule has 0 aliphatic heterocycles. The minimum Gasteiger partial charge on any atom is -0.325 e. The largest absolute Gasteiger partial charge is 0.325 e. The number of thioether (sulfide) groups is 1. The zero-order valence-electron chi connectivity index (χ0n) is 23.0. The van der Waals surface area contributed by atoms with Gasteiger partial charge in [0.1, 0.15) is 5.70 Å². The fraction of sp³-hybridized carbons (Fsp3) is 0.121. The molecule has 214 valence electrons. The van der Waals surface area contributed by atoms with Crippen molar-refractivity contribution in [1.82, 2.24) is 5.32 Å². The van der Waals surface area contributed by atoms with E-state index in [9.17, 15) is 14.4 Å². The molecule has 3 N–H and O–H groups in total. The number of carbonyl (C=O) groups is 3. The zero-order chi connectivity index (χ0) is 30.1. The maximum Gasteiger partial charge on any atom is 0.272 e. The monoisotopic (exact) mass is 617 g/mol. The molecule has 42 heavy (non-hydrogen) atoms. The van der Waals surface area contributed by atoms with E-state index in [4.69, 9.17) is 23.2 Å². The average molecular weight is 619 g/mol. The third-order valence-corrected chi connectivity index (χ3v) is 8.05. The van der Waals surface area contributed by atoms with Crippen LogP contribution < -0.4 is 16.0 Å². The maximum atomic E-state index is 13.4. The minimum atomic E-state index is -0.502. The second-order valence-corrected chi connectivity index (χ2v) is 11.5. The van der Waals surface area contributed by atoms with Crippen LogP contribution in [0.15, 0.2) is 108 Å². The molecule has 0 saturated heterocycles. The fourth-order valence-electron chi connectivity index (χ4n) is 3.94. The summed E-state index contributed by atoms with van der Waals surface area (Å²) in [7, 11) is 0. The molecule has 0 fully saturated rings. The second-order valence-electron chi connectivity index (χ2n) is 9.37. The molecule has 3 amide bonds. The lowest BCUT2D eigenvalue weighted by molar-refractivity contribution is -0.116. The van der Waals surface area contributed by atoms with Gasteiger partial charge in [-0.1, -0.05) is 72.6 Å². The number of hydrogen-bond acceptors (Lipinski definition) is 4. The predicted octanol–water partition coefficient (Wildman–Crippen LogP) is 8.22. The van der Waals surface area contributed by atoms with Crippen LogP contribution in [0.4, 0.5) is 11.4 Å². The molecule has 1 unspecified atom stereocenters. The van der Waals surface area contributed by atoms with Crippen LogP contribution in [0.25, 0.3) is 6.08 Å². The predicted molar refractivity (Wildman–Crippen MR) is 173 cm³/mol. The van der Waals surface area contributed by atoms with Gasteiger partial charge in [0.15, 0.2) is 0 Å². The molecule has 4 aromatic rings. The quantitative estimate of drug-likeness (QED) is 0.124. The van der Waals surface area contributed by atoms with Gasteiger partial charge >= 0.3 is 0 Å². The Morgan fingerprint density at radius 2 is 1.55 bits per heavy atom. The Labute approximate surface area is 259 Å². The van der Waals surface area contributed by atoms with Crippen molar-refractivity contribution in [3.8, 4) is 0 Å². The molecule has 0 aliphatic rings. The van der Waals surface area contributed by atoms with E-state index in [1.807, 2.05) is 32.0 Å². The van der Waals surface area contributed by atoms with E-state index in [0.29, 0.717) is 39.0 Å². The van der Waals surface area contributed by atoms with Gasteiger partial charge in [-0.25, -0.2) is 0 Å². The minimum absolute atomic E-state index is 0.0620. The van der Waals surface area contributed by atoms with Gasteiger partial charge in [-0.05, 0) is 85.1 Å². The maximum absolute atomic E-state index is 13.4. The number of hydrogen-bond donors (Lipinski definition) is 3. The molecule has 6 nitrogen and oxygen atoms in total. The number of benzene rings is 4. The SMILES string of the molecule is CCC(Sc1cccc(NC(=O)/C(=C\c2ccc(Cl)cc2)NC(=O)c2ccccc2)c1)C(=O)Nc1cc(Cl)ccc1C. The van der Waals surface area contributed by atoms with Crippen LogP contribution in [-0.4, -0.2) is 23.0 Å². The summed E-state index contributed by atoms with van der Waals surface area (Å²) in [5.41, 5.74) is 3.27. The highest BCUT2D eigenvalue weighted by molar-refractivity contribution is 8.00. The lowest BCUT2D eigenvalue weighted by Gasteiger charge is -2.17. The number of nitrogens with one attached hydrogen (secondary N) is 3. The molecule has 0 aromatic heterocycles. The summed E-state index contributed by atoms with van der Waals surface area (Å²) >= 11 is 13.5. The number of amides is 3. The fourth-order valence-corrected chi connectivity index (χ4v) is 5.25. The van der Waals surface area contributed by atoms with Gasteiger partial charge in [-0.2, -0.15) is 0 Å². The van der Waals surface area contributed by atoms with E-state index < -0.39 is 11.8 Å². The first kappa shape index (κ1) is 30.9. The molecule has 9 heteroatoms. The van der Waals surface area contributed by atoms with Crippen LogP contribution in [0, 0.1) is 6.92 Å². The molecular weight excluding hydrogens is 589 g/mol. The average Bonchev–Trinajstić information content (AvgIpc) is 2.99. The number of carbonyl (C=O) groups excluding carboxylic acids is 3. The van der Waals surface area contributed by atoms with Crippen molar-refractivity contribution in [2.24, 2.45) is 0 Å². The zero-order valence-corrected chi connectivity index (χ0v) is 25.3. The van der Waals surface area contributed by atoms with Crippen molar-refractivity contribution in [2.45, 2.75) is 30.4 Å². The summed E-state index contributed by atoms with van der Waals surface area (Å²) in [4.78, 5) is 40.2. The topological polar surface area (TPSA) is 87.3 Å². The van der Waals surface area contributed by atoms with E-state index in [1.54, 1.807) is 84.9 Å². The summed E-state index contributed by atoms with van der Waals surface area (Å²) in [5.74, 6) is -1.06. The van der Waals surface area contributed by atoms with E-state index in [0.717, 1.165) is 10.5 Å². The van der Waals surface area contributed by atoms with Crippen molar-refractivity contribution < 1.29 is 14.4 Å². The molecule has 4 rings (SSSR count). The molecule has 0 radical (unpaired) electrons. The van der Waals surface area contributed by atoms with Crippen LogP contribution in [0.3, 0.4) is 0 Å². The summed E-state index contributed by atoms with van der Waals surface area (Å²) in [6.45, 7) is 3.85. The first-order chi connectivity index (χ1) is 20.2. The summed E-state index contributed by atoms with van der Waals surface area (Å²) in [6.07, 6.45) is 2.17. The third kappa shape index (κ3) is 8.73. The van der Waals surface area contributed by atoms with Gasteiger partial charge in [0.05, 0.1) is 5.25 Å². The summed E-state index contributed by atoms with van der Waals surface area (Å²) in [5, 5.41) is 9.30. The van der Waals surface area contributed by atoms with Crippen LogP contribution >= 0.6 is 35.0 Å². The third-order valence-electron chi connectivity index (χ3n) is 6.20. The molecule has 0 spiro atoms. The Hall–Kier alpha value is -4.04. The first-order valence-corrected chi connectivity index (χ1v) is 14.8. The Bertz CT molecular complexity index is 1610. The highest BCUT2D eigenvalue weighted by Gasteiger charge is 2.20. The van der Waals surface area contributed by atoms with Gasteiger partial charge in [0, 0.05) is 31.9 Å². The lowest BCUT2D eigenvalue weighted by Crippen LogP contribution is -2.30. The molecule has 0 bridgehead atoms. The van der Waals surface area contributed by atoms with Crippen LogP contribution in [0.5, 0.6) is 0 Å². The Morgan fingerprint density at radius 3 is 2.26 bits per heavy atom. The van der Waals surface area contributed by atoms with E-state index >= 15 is 0 Å². The number of aryl methyl sites for hydroxylation is 1. The van der Waals surface area contributed by atoms with Gasteiger partial charge in [-0.3, -0.25) is 14.4 Å². The van der Waals surface area contributed by atoms with E-state index in [2.05, 4.69) is 16.0 Å². The Morgan fingerprint density at radius 1 is 0.833 bits per heavy atom. The standard InChI is InChI=1S/C33H29Cl2N3O3S/c1-3-30(33(41)37-28-19-25(35)15-12-21(28)2)42-27-11-7-10-26(20-27)36-32(40)29(18-22-13-16-24(34)17-14-22)38-31(39)23-8-5-4-6-9-23/h4-20,30H,3H2,1-2H3,(H,36,40)(H,37,41)(H,38,39)/b29-18+. The van der Waals surface area contributed by atoms with Crippen molar-refractivity contribution in [3.05, 3.63) is 129 Å². The summed E-state index contributed by atoms with van der Waals surface area (Å²) in [6, 6.07) is 28.1. The van der Waals surface area contributed by atoms with Crippen LogP contribution in [0.2, 0.25) is 10.0 Å².